The molecular weight excluding hydrogens is 471 g/mol. The third-order valence-electron chi connectivity index (χ3n) is 8.50. The molecule has 0 radical (unpaired) electrons. The van der Waals surface area contributed by atoms with E-state index in [4.69, 9.17) is 4.74 Å². The third kappa shape index (κ3) is 5.55. The Morgan fingerprint density at radius 2 is 2.03 bits per heavy atom. The molecule has 4 atom stereocenters. The Morgan fingerprint density at radius 3 is 2.72 bits per heavy atom. The molecule has 2 aliphatic carbocycles. The van der Waals surface area contributed by atoms with E-state index in [2.05, 4.69) is 24.1 Å². The molecule has 0 saturated heterocycles. The Bertz CT molecular complexity index is 967. The average molecular weight is 510 g/mol. The number of fused-ring (bicyclic) bond motifs is 1. The number of aromatic nitrogens is 1. The molecule has 9 heteroatoms. The van der Waals surface area contributed by atoms with Crippen molar-refractivity contribution in [2.24, 2.45) is 17.3 Å². The molecule has 200 valence electrons. The third-order valence-corrected chi connectivity index (χ3v) is 8.50. The average Bonchev–Trinajstić information content (AvgIpc) is 3.27. The molecule has 1 amide bonds. The van der Waals surface area contributed by atoms with Crippen LogP contribution in [-0.2, 0) is 33.5 Å². The van der Waals surface area contributed by atoms with Gasteiger partial charge in [0.1, 0.15) is 0 Å². The summed E-state index contributed by atoms with van der Waals surface area (Å²) in [5.74, 6) is -0.0391. The molecule has 2 unspecified atom stereocenters. The summed E-state index contributed by atoms with van der Waals surface area (Å²) in [6.45, 7) is 6.99. The number of pyridine rings is 1. The summed E-state index contributed by atoms with van der Waals surface area (Å²) in [5, 5.41) is 3.74. The van der Waals surface area contributed by atoms with E-state index in [1.165, 1.54) is 0 Å². The lowest BCUT2D eigenvalue weighted by Crippen LogP contribution is -2.49. The van der Waals surface area contributed by atoms with E-state index in [-0.39, 0.29) is 42.3 Å². The topological polar surface area (TPSA) is 71.5 Å². The van der Waals surface area contributed by atoms with E-state index < -0.39 is 17.2 Å². The fourth-order valence-corrected chi connectivity index (χ4v) is 6.40. The Labute approximate surface area is 211 Å². The van der Waals surface area contributed by atoms with Crippen LogP contribution in [-0.4, -0.2) is 47.0 Å². The molecular formula is C27H38F3N3O3. The molecule has 4 rings (SSSR count). The molecule has 0 spiro atoms. The number of nitrogens with zero attached hydrogens (tertiary/aromatic N) is 2. The summed E-state index contributed by atoms with van der Waals surface area (Å²) in [7, 11) is 0. The molecule has 6 nitrogen and oxygen atoms in total. The first-order valence-corrected chi connectivity index (χ1v) is 13.3. The van der Waals surface area contributed by atoms with Crippen LogP contribution in [0.3, 0.4) is 0 Å². The van der Waals surface area contributed by atoms with Crippen LogP contribution in [0.2, 0.25) is 0 Å². The molecule has 0 aromatic carbocycles. The molecule has 36 heavy (non-hydrogen) atoms. The van der Waals surface area contributed by atoms with Crippen molar-refractivity contribution < 1.29 is 27.5 Å². The predicted molar refractivity (Wildman–Crippen MR) is 129 cm³/mol. The normalized spacial score (nSPS) is 28.8. The highest BCUT2D eigenvalue weighted by atomic mass is 19.4. The van der Waals surface area contributed by atoms with E-state index in [1.807, 2.05) is 6.92 Å². The van der Waals surface area contributed by atoms with Crippen molar-refractivity contribution in [3.63, 3.8) is 0 Å². The zero-order valence-corrected chi connectivity index (χ0v) is 21.5. The summed E-state index contributed by atoms with van der Waals surface area (Å²) >= 11 is 0. The van der Waals surface area contributed by atoms with Crippen molar-refractivity contribution in [1.29, 1.82) is 0 Å². The second kappa shape index (κ2) is 10.7. The van der Waals surface area contributed by atoms with Crippen LogP contribution in [0, 0.1) is 17.3 Å². The highest BCUT2D eigenvalue weighted by Gasteiger charge is 2.50. The van der Waals surface area contributed by atoms with Crippen LogP contribution in [0.1, 0.15) is 82.5 Å². The predicted octanol–water partition coefficient (Wildman–Crippen LogP) is 4.89. The van der Waals surface area contributed by atoms with Crippen LogP contribution >= 0.6 is 0 Å². The van der Waals surface area contributed by atoms with E-state index in [0.717, 1.165) is 50.8 Å². The summed E-state index contributed by atoms with van der Waals surface area (Å²) in [5.41, 5.74) is -0.180. The van der Waals surface area contributed by atoms with Crippen LogP contribution < -0.4 is 5.32 Å². The lowest BCUT2D eigenvalue weighted by Gasteiger charge is -2.40. The lowest BCUT2D eigenvalue weighted by atomic mass is 9.73. The lowest BCUT2D eigenvalue weighted by molar-refractivity contribution is -0.149. The first-order chi connectivity index (χ1) is 17.0. The highest BCUT2D eigenvalue weighted by molar-refractivity contribution is 5.83. The van der Waals surface area contributed by atoms with E-state index in [9.17, 15) is 22.8 Å². The van der Waals surface area contributed by atoms with Crippen molar-refractivity contribution in [1.82, 2.24) is 15.2 Å². The SMILES string of the molecule is CCOC(=O)C1CCCC(N[C@@H]2CC[C@@](C(=O)N3CCc4ncc(C(F)(F)F)cc4C3)(C(C)C)C2)C1. The number of hydrogen-bond donors (Lipinski definition) is 1. The minimum atomic E-state index is -4.46. The Hall–Kier alpha value is -2.16. The number of carbonyl (C=O) groups excluding carboxylic acids is 2. The maximum atomic E-state index is 13.9. The van der Waals surface area contributed by atoms with Crippen molar-refractivity contribution in [3.05, 3.63) is 29.1 Å². The van der Waals surface area contributed by atoms with Crippen molar-refractivity contribution in [2.45, 2.75) is 96.9 Å². The standard InChI is InChI=1S/C27H38F3N3O3/c1-4-36-24(34)18-6-5-7-21(13-18)32-22-8-10-26(14-22,17(2)3)25(35)33-11-9-23-19(16-33)12-20(15-31-23)27(28,29)30/h12,15,17-18,21-22,32H,4-11,13-14,16H2,1-3H3/t18?,21?,22-,26+/m1/s1. The van der Waals surface area contributed by atoms with Gasteiger partial charge in [0.2, 0.25) is 5.91 Å². The van der Waals surface area contributed by atoms with Gasteiger partial charge in [0.25, 0.3) is 0 Å². The Kier molecular flexibility index (Phi) is 7.98. The zero-order valence-electron chi connectivity index (χ0n) is 21.5. The molecule has 3 aliphatic rings. The molecule has 2 heterocycles. The maximum Gasteiger partial charge on any atom is 0.417 e. The summed E-state index contributed by atoms with van der Waals surface area (Å²) in [6, 6.07) is 1.55. The van der Waals surface area contributed by atoms with E-state index >= 15 is 0 Å². The van der Waals surface area contributed by atoms with Gasteiger partial charge in [0.05, 0.1) is 23.5 Å². The number of alkyl halides is 3. The number of esters is 1. The number of ether oxygens (including phenoxy) is 1. The van der Waals surface area contributed by atoms with Gasteiger partial charge in [-0.25, -0.2) is 0 Å². The first-order valence-electron chi connectivity index (χ1n) is 13.3. The number of amides is 1. The molecule has 2 fully saturated rings. The highest BCUT2D eigenvalue weighted by Crippen LogP contribution is 2.47. The van der Waals surface area contributed by atoms with E-state index in [1.54, 1.807) is 4.90 Å². The minimum Gasteiger partial charge on any atom is -0.466 e. The zero-order chi connectivity index (χ0) is 26.1. The molecule has 1 aromatic heterocycles. The number of halogens is 3. The molecule has 1 aliphatic heterocycles. The quantitative estimate of drug-likeness (QED) is 0.553. The Morgan fingerprint density at radius 1 is 1.25 bits per heavy atom. The van der Waals surface area contributed by atoms with Gasteiger partial charge < -0.3 is 15.0 Å². The van der Waals surface area contributed by atoms with Crippen LogP contribution in [0.4, 0.5) is 13.2 Å². The van der Waals surface area contributed by atoms with Gasteiger partial charge in [-0.2, -0.15) is 13.2 Å². The van der Waals surface area contributed by atoms with Gasteiger partial charge in [0, 0.05) is 43.5 Å². The largest absolute Gasteiger partial charge is 0.466 e. The number of hydrogen-bond acceptors (Lipinski definition) is 5. The smallest absolute Gasteiger partial charge is 0.417 e. The van der Waals surface area contributed by atoms with Crippen LogP contribution in [0.25, 0.3) is 0 Å². The van der Waals surface area contributed by atoms with Crippen LogP contribution in [0.5, 0.6) is 0 Å². The van der Waals surface area contributed by atoms with E-state index in [0.29, 0.717) is 37.3 Å². The molecule has 1 N–H and O–H groups in total. The first kappa shape index (κ1) is 26.9. The van der Waals surface area contributed by atoms with Crippen LogP contribution in [0.15, 0.2) is 12.3 Å². The second-order valence-corrected chi connectivity index (χ2v) is 11.0. The van der Waals surface area contributed by atoms with Gasteiger partial charge in [-0.05, 0) is 63.0 Å². The monoisotopic (exact) mass is 509 g/mol. The summed E-state index contributed by atoms with van der Waals surface area (Å²) in [6.07, 6.45) is 2.82. The minimum absolute atomic E-state index is 0.0397. The fourth-order valence-electron chi connectivity index (χ4n) is 6.40. The molecule has 1 aromatic rings. The summed E-state index contributed by atoms with van der Waals surface area (Å²) < 4.78 is 44.9. The van der Waals surface area contributed by atoms with Gasteiger partial charge in [0.15, 0.2) is 0 Å². The van der Waals surface area contributed by atoms with Gasteiger partial charge in [-0.1, -0.05) is 20.3 Å². The molecule has 0 bridgehead atoms. The van der Waals surface area contributed by atoms with Crippen molar-refractivity contribution in [2.75, 3.05) is 13.2 Å². The van der Waals surface area contributed by atoms with Crippen molar-refractivity contribution >= 4 is 11.9 Å². The van der Waals surface area contributed by atoms with Crippen molar-refractivity contribution in [3.8, 4) is 0 Å². The number of nitrogens with one attached hydrogen (secondary N) is 1. The van der Waals surface area contributed by atoms with Gasteiger partial charge >= 0.3 is 12.1 Å². The summed E-state index contributed by atoms with van der Waals surface area (Å²) in [4.78, 5) is 31.9. The van der Waals surface area contributed by atoms with Gasteiger partial charge in [-0.15, -0.1) is 0 Å². The fraction of sp³-hybridized carbons (Fsp3) is 0.741. The Balaban J connectivity index is 1.43. The molecule has 2 saturated carbocycles. The van der Waals surface area contributed by atoms with Gasteiger partial charge in [-0.3, -0.25) is 14.6 Å². The number of carbonyl (C=O) groups is 2. The second-order valence-electron chi connectivity index (χ2n) is 11.0. The maximum absolute atomic E-state index is 13.9. The number of rotatable bonds is 6.